The summed E-state index contributed by atoms with van der Waals surface area (Å²) in [5.74, 6) is 1.62. The fraction of sp³-hybridized carbons (Fsp3) is 0.769. The van der Waals surface area contributed by atoms with E-state index in [9.17, 15) is 4.79 Å². The van der Waals surface area contributed by atoms with E-state index in [0.717, 1.165) is 32.1 Å². The van der Waals surface area contributed by atoms with Crippen molar-refractivity contribution in [2.75, 3.05) is 0 Å². The van der Waals surface area contributed by atoms with Gasteiger partial charge in [-0.25, -0.2) is 0 Å². The second-order valence-electron chi connectivity index (χ2n) is 4.87. The normalized spacial score (nSPS) is 42.3. The van der Waals surface area contributed by atoms with Crippen molar-refractivity contribution in [1.29, 1.82) is 0 Å². The molecule has 0 aliphatic heterocycles. The summed E-state index contributed by atoms with van der Waals surface area (Å²) in [5.41, 5.74) is 0.0312. The first-order chi connectivity index (χ1) is 6.71. The molecule has 1 spiro atoms. The van der Waals surface area contributed by atoms with Gasteiger partial charge in [-0.05, 0) is 31.1 Å². The molecule has 1 nitrogen and oxygen atoms in total. The van der Waals surface area contributed by atoms with Crippen molar-refractivity contribution in [3.63, 3.8) is 0 Å². The molecular weight excluding hydrogens is 172 g/mol. The Morgan fingerprint density at radius 3 is 2.93 bits per heavy atom. The van der Waals surface area contributed by atoms with Crippen LogP contribution in [0.15, 0.2) is 12.2 Å². The van der Waals surface area contributed by atoms with Crippen molar-refractivity contribution in [1.82, 2.24) is 0 Å². The molecule has 0 heterocycles. The highest BCUT2D eigenvalue weighted by Crippen LogP contribution is 2.52. The molecule has 14 heavy (non-hydrogen) atoms. The predicted octanol–water partition coefficient (Wildman–Crippen LogP) is 3.35. The standard InChI is InChI=1S/C13H20O/c1-3-11-7-4-6-10(2)13(11)9-5-8-12(13)14/h4,6,10-11H,3,5,7-9H2,1-2H3/t10-,11+,13?/m1/s1. The Labute approximate surface area is 86.6 Å². The van der Waals surface area contributed by atoms with Crippen molar-refractivity contribution in [2.24, 2.45) is 17.3 Å². The van der Waals surface area contributed by atoms with E-state index >= 15 is 0 Å². The smallest absolute Gasteiger partial charge is 0.139 e. The average Bonchev–Trinajstić information content (AvgIpc) is 2.55. The number of ketones is 1. The highest BCUT2D eigenvalue weighted by molar-refractivity contribution is 5.87. The number of rotatable bonds is 1. The monoisotopic (exact) mass is 192 g/mol. The van der Waals surface area contributed by atoms with Gasteiger partial charge >= 0.3 is 0 Å². The third-order valence-corrected chi connectivity index (χ3v) is 4.39. The summed E-state index contributed by atoms with van der Waals surface area (Å²) in [5, 5.41) is 0. The van der Waals surface area contributed by atoms with Crippen molar-refractivity contribution < 1.29 is 4.79 Å². The van der Waals surface area contributed by atoms with Gasteiger partial charge in [0.1, 0.15) is 5.78 Å². The summed E-state index contributed by atoms with van der Waals surface area (Å²) in [6.07, 6.45) is 9.89. The van der Waals surface area contributed by atoms with Crippen LogP contribution in [0.25, 0.3) is 0 Å². The van der Waals surface area contributed by atoms with E-state index in [1.807, 2.05) is 0 Å². The number of Topliss-reactive ketones (excluding diaryl/α,β-unsaturated/α-hetero) is 1. The first kappa shape index (κ1) is 9.95. The minimum absolute atomic E-state index is 0.0312. The molecule has 0 bridgehead atoms. The van der Waals surface area contributed by atoms with Gasteiger partial charge in [-0.3, -0.25) is 4.79 Å². The van der Waals surface area contributed by atoms with Crippen molar-refractivity contribution in [3.05, 3.63) is 12.2 Å². The van der Waals surface area contributed by atoms with Crippen LogP contribution in [0.5, 0.6) is 0 Å². The van der Waals surface area contributed by atoms with Crippen LogP contribution < -0.4 is 0 Å². The van der Waals surface area contributed by atoms with Crippen LogP contribution in [-0.2, 0) is 4.79 Å². The van der Waals surface area contributed by atoms with Crippen molar-refractivity contribution in [3.8, 4) is 0 Å². The van der Waals surface area contributed by atoms with E-state index in [1.165, 1.54) is 0 Å². The Hall–Kier alpha value is -0.590. The van der Waals surface area contributed by atoms with Gasteiger partial charge in [-0.1, -0.05) is 32.4 Å². The number of carbonyl (C=O) groups excluding carboxylic acids is 1. The summed E-state index contributed by atoms with van der Waals surface area (Å²) in [7, 11) is 0. The Morgan fingerprint density at radius 2 is 2.36 bits per heavy atom. The van der Waals surface area contributed by atoms with Crippen LogP contribution >= 0.6 is 0 Å². The van der Waals surface area contributed by atoms with Gasteiger partial charge in [0.25, 0.3) is 0 Å². The first-order valence-electron chi connectivity index (χ1n) is 5.91. The molecule has 78 valence electrons. The summed E-state index contributed by atoms with van der Waals surface area (Å²) in [6.45, 7) is 4.45. The van der Waals surface area contributed by atoms with Crippen molar-refractivity contribution in [2.45, 2.75) is 46.0 Å². The molecule has 1 unspecified atom stereocenters. The fourth-order valence-corrected chi connectivity index (χ4v) is 3.56. The molecule has 0 aromatic heterocycles. The second kappa shape index (κ2) is 3.52. The lowest BCUT2D eigenvalue weighted by atomic mass is 9.61. The minimum atomic E-state index is 0.0312. The third kappa shape index (κ3) is 1.18. The van der Waals surface area contributed by atoms with Gasteiger partial charge in [-0.15, -0.1) is 0 Å². The molecule has 0 N–H and O–H groups in total. The Bertz CT molecular complexity index is 266. The third-order valence-electron chi connectivity index (χ3n) is 4.39. The van der Waals surface area contributed by atoms with Crippen molar-refractivity contribution >= 4 is 5.78 Å². The quantitative estimate of drug-likeness (QED) is 0.582. The maximum absolute atomic E-state index is 12.1. The zero-order valence-corrected chi connectivity index (χ0v) is 9.25. The topological polar surface area (TPSA) is 17.1 Å². The molecule has 1 saturated carbocycles. The van der Waals surface area contributed by atoms with Gasteiger partial charge in [0.2, 0.25) is 0 Å². The van der Waals surface area contributed by atoms with E-state index in [0.29, 0.717) is 17.6 Å². The van der Waals surface area contributed by atoms with Crippen LogP contribution in [0.4, 0.5) is 0 Å². The highest BCUT2D eigenvalue weighted by Gasteiger charge is 2.50. The molecule has 2 aliphatic carbocycles. The summed E-state index contributed by atoms with van der Waals surface area (Å²) in [4.78, 5) is 12.1. The Balaban J connectivity index is 2.36. The number of carbonyl (C=O) groups is 1. The van der Waals surface area contributed by atoms with Gasteiger partial charge in [0, 0.05) is 11.8 Å². The Morgan fingerprint density at radius 1 is 1.57 bits per heavy atom. The molecule has 0 amide bonds. The van der Waals surface area contributed by atoms with Gasteiger partial charge in [0.05, 0.1) is 0 Å². The lowest BCUT2D eigenvalue weighted by molar-refractivity contribution is -0.131. The van der Waals surface area contributed by atoms with Gasteiger partial charge in [0.15, 0.2) is 0 Å². The zero-order valence-electron chi connectivity index (χ0n) is 9.25. The molecule has 3 atom stereocenters. The molecule has 2 rings (SSSR count). The largest absolute Gasteiger partial charge is 0.299 e. The molecule has 0 saturated heterocycles. The molecule has 2 aliphatic rings. The second-order valence-corrected chi connectivity index (χ2v) is 4.87. The predicted molar refractivity (Wildman–Crippen MR) is 58.0 cm³/mol. The van der Waals surface area contributed by atoms with Crippen LogP contribution in [0.3, 0.4) is 0 Å². The average molecular weight is 192 g/mol. The molecule has 0 aromatic carbocycles. The number of hydrogen-bond donors (Lipinski definition) is 0. The van der Waals surface area contributed by atoms with Crippen LogP contribution in [0.1, 0.15) is 46.0 Å². The summed E-state index contributed by atoms with van der Waals surface area (Å²) in [6, 6.07) is 0. The minimum Gasteiger partial charge on any atom is -0.299 e. The van der Waals surface area contributed by atoms with Gasteiger partial charge in [-0.2, -0.15) is 0 Å². The van der Waals surface area contributed by atoms with E-state index < -0.39 is 0 Å². The Kier molecular flexibility index (Phi) is 2.50. The molecule has 0 radical (unpaired) electrons. The van der Waals surface area contributed by atoms with E-state index in [2.05, 4.69) is 26.0 Å². The molecular formula is C13H20O. The summed E-state index contributed by atoms with van der Waals surface area (Å²) >= 11 is 0. The van der Waals surface area contributed by atoms with Gasteiger partial charge < -0.3 is 0 Å². The maximum Gasteiger partial charge on any atom is 0.139 e. The van der Waals surface area contributed by atoms with E-state index in [4.69, 9.17) is 0 Å². The van der Waals surface area contributed by atoms with Crippen LogP contribution in [-0.4, -0.2) is 5.78 Å². The highest BCUT2D eigenvalue weighted by atomic mass is 16.1. The van der Waals surface area contributed by atoms with Crippen LogP contribution in [0, 0.1) is 17.3 Å². The fourth-order valence-electron chi connectivity index (χ4n) is 3.56. The zero-order chi connectivity index (χ0) is 10.2. The van der Waals surface area contributed by atoms with E-state index in [-0.39, 0.29) is 5.41 Å². The molecule has 1 fully saturated rings. The number of hydrogen-bond acceptors (Lipinski definition) is 1. The van der Waals surface area contributed by atoms with E-state index in [1.54, 1.807) is 0 Å². The molecule has 1 heteroatoms. The van der Waals surface area contributed by atoms with Crippen LogP contribution in [0.2, 0.25) is 0 Å². The lowest BCUT2D eigenvalue weighted by Gasteiger charge is -2.42. The molecule has 0 aromatic rings. The SMILES string of the molecule is CC[C@H]1CC=C[C@@H](C)C12CCCC2=O. The number of allylic oxidation sites excluding steroid dienone is 2. The first-order valence-corrected chi connectivity index (χ1v) is 5.91. The lowest BCUT2D eigenvalue weighted by Crippen LogP contribution is -2.41. The maximum atomic E-state index is 12.1. The summed E-state index contributed by atoms with van der Waals surface area (Å²) < 4.78 is 0.